The summed E-state index contributed by atoms with van der Waals surface area (Å²) in [6.45, 7) is 5.01. The highest BCUT2D eigenvalue weighted by Gasteiger charge is 2.20. The van der Waals surface area contributed by atoms with Gasteiger partial charge in [-0.05, 0) is 56.0 Å². The van der Waals surface area contributed by atoms with Crippen LogP contribution < -0.4 is 10.1 Å². The largest absolute Gasteiger partial charge is 0.439 e. The van der Waals surface area contributed by atoms with Crippen molar-refractivity contribution >= 4 is 0 Å². The molecule has 2 aromatic rings. The molecule has 0 amide bonds. The molecule has 1 N–H and O–H groups in total. The molecule has 0 atom stereocenters. The van der Waals surface area contributed by atoms with Crippen molar-refractivity contribution in [2.24, 2.45) is 0 Å². The highest BCUT2D eigenvalue weighted by atomic mass is 16.5. The Morgan fingerprint density at radius 2 is 2.05 bits per heavy atom. The van der Waals surface area contributed by atoms with E-state index in [9.17, 15) is 0 Å². The van der Waals surface area contributed by atoms with Crippen LogP contribution in [0.4, 0.5) is 0 Å². The van der Waals surface area contributed by atoms with Crippen LogP contribution in [0.1, 0.15) is 29.5 Å². The number of ether oxygens (including phenoxy) is 1. The molecule has 3 heteroatoms. The zero-order valence-corrected chi connectivity index (χ0v) is 12.0. The Morgan fingerprint density at radius 1 is 1.20 bits per heavy atom. The third kappa shape index (κ3) is 3.17. The second-order valence-electron chi connectivity index (χ2n) is 5.47. The van der Waals surface area contributed by atoms with Crippen LogP contribution in [0, 0.1) is 13.8 Å². The van der Waals surface area contributed by atoms with Crippen molar-refractivity contribution in [1.29, 1.82) is 0 Å². The maximum atomic E-state index is 5.95. The van der Waals surface area contributed by atoms with E-state index in [2.05, 4.69) is 42.3 Å². The number of aromatic nitrogens is 1. The number of benzene rings is 1. The molecule has 1 saturated carbocycles. The highest BCUT2D eigenvalue weighted by Crippen LogP contribution is 2.26. The Hall–Kier alpha value is -1.87. The summed E-state index contributed by atoms with van der Waals surface area (Å²) in [5, 5.41) is 3.50. The summed E-state index contributed by atoms with van der Waals surface area (Å²) in [4.78, 5) is 4.36. The van der Waals surface area contributed by atoms with Crippen molar-refractivity contribution in [3.8, 4) is 11.6 Å². The van der Waals surface area contributed by atoms with Gasteiger partial charge in [-0.2, -0.15) is 0 Å². The molecular weight excluding hydrogens is 248 g/mol. The fraction of sp³-hybridized carbons (Fsp3) is 0.353. The van der Waals surface area contributed by atoms with Crippen LogP contribution in [0.5, 0.6) is 11.6 Å². The van der Waals surface area contributed by atoms with Crippen LogP contribution in [0.15, 0.2) is 36.5 Å². The summed E-state index contributed by atoms with van der Waals surface area (Å²) in [6.07, 6.45) is 4.35. The van der Waals surface area contributed by atoms with Crippen LogP contribution in [0.2, 0.25) is 0 Å². The van der Waals surface area contributed by atoms with Gasteiger partial charge >= 0.3 is 0 Å². The summed E-state index contributed by atoms with van der Waals surface area (Å²) in [7, 11) is 0. The number of hydrogen-bond acceptors (Lipinski definition) is 3. The molecule has 0 aliphatic heterocycles. The van der Waals surface area contributed by atoms with E-state index in [-0.39, 0.29) is 0 Å². The molecule has 0 spiro atoms. The Balaban J connectivity index is 1.76. The Kier molecular flexibility index (Phi) is 3.70. The second kappa shape index (κ2) is 5.63. The van der Waals surface area contributed by atoms with Crippen molar-refractivity contribution in [1.82, 2.24) is 10.3 Å². The summed E-state index contributed by atoms with van der Waals surface area (Å²) in [5.74, 6) is 1.54. The van der Waals surface area contributed by atoms with Crippen LogP contribution in [-0.2, 0) is 6.54 Å². The molecule has 0 bridgehead atoms. The maximum absolute atomic E-state index is 5.95. The molecule has 0 saturated heterocycles. The van der Waals surface area contributed by atoms with E-state index in [4.69, 9.17) is 4.74 Å². The van der Waals surface area contributed by atoms with E-state index >= 15 is 0 Å². The predicted octanol–water partition coefficient (Wildman–Crippen LogP) is 3.74. The van der Waals surface area contributed by atoms with Crippen LogP contribution in [0.25, 0.3) is 0 Å². The number of hydrogen-bond donors (Lipinski definition) is 1. The summed E-state index contributed by atoms with van der Waals surface area (Å²) < 4.78 is 5.95. The van der Waals surface area contributed by atoms with Gasteiger partial charge in [-0.25, -0.2) is 4.98 Å². The van der Waals surface area contributed by atoms with E-state index in [1.165, 1.54) is 24.0 Å². The topological polar surface area (TPSA) is 34.1 Å². The summed E-state index contributed by atoms with van der Waals surface area (Å²) >= 11 is 0. The molecular formula is C17H20N2O. The average Bonchev–Trinajstić information content (AvgIpc) is 3.26. The van der Waals surface area contributed by atoms with Gasteiger partial charge < -0.3 is 10.1 Å². The summed E-state index contributed by atoms with van der Waals surface area (Å²) in [6, 6.07) is 10.8. The molecule has 104 valence electrons. The number of nitrogens with zero attached hydrogens (tertiary/aromatic N) is 1. The minimum Gasteiger partial charge on any atom is -0.439 e. The Bertz CT molecular complexity index is 606. The molecule has 1 aliphatic carbocycles. The first-order valence-corrected chi connectivity index (χ1v) is 7.15. The lowest BCUT2D eigenvalue weighted by molar-refractivity contribution is 0.452. The van der Waals surface area contributed by atoms with Gasteiger partial charge in [0.1, 0.15) is 5.75 Å². The van der Waals surface area contributed by atoms with Crippen molar-refractivity contribution in [2.45, 2.75) is 39.3 Å². The van der Waals surface area contributed by atoms with Gasteiger partial charge in [0, 0.05) is 24.3 Å². The monoisotopic (exact) mass is 268 g/mol. The molecule has 1 aromatic heterocycles. The molecule has 3 rings (SSSR count). The lowest BCUT2D eigenvalue weighted by Crippen LogP contribution is -2.16. The van der Waals surface area contributed by atoms with Gasteiger partial charge in [0.15, 0.2) is 0 Å². The normalized spacial score (nSPS) is 14.3. The van der Waals surface area contributed by atoms with E-state index < -0.39 is 0 Å². The number of rotatable bonds is 5. The van der Waals surface area contributed by atoms with Crippen molar-refractivity contribution < 1.29 is 4.74 Å². The van der Waals surface area contributed by atoms with Gasteiger partial charge in [0.25, 0.3) is 0 Å². The number of nitrogens with one attached hydrogen (secondary N) is 1. The van der Waals surface area contributed by atoms with Crippen molar-refractivity contribution in [3.63, 3.8) is 0 Å². The van der Waals surface area contributed by atoms with Crippen molar-refractivity contribution in [3.05, 3.63) is 53.2 Å². The lowest BCUT2D eigenvalue weighted by atomic mass is 10.1. The van der Waals surface area contributed by atoms with Gasteiger partial charge in [-0.1, -0.05) is 12.1 Å². The highest BCUT2D eigenvalue weighted by molar-refractivity contribution is 5.37. The SMILES string of the molecule is Cc1ccc(Oc2ncccc2CNC2CC2)cc1C. The summed E-state index contributed by atoms with van der Waals surface area (Å²) in [5.41, 5.74) is 3.61. The predicted molar refractivity (Wildman–Crippen MR) is 80.1 cm³/mol. The molecule has 0 unspecified atom stereocenters. The first-order chi connectivity index (χ1) is 9.72. The van der Waals surface area contributed by atoms with Gasteiger partial charge in [-0.15, -0.1) is 0 Å². The quantitative estimate of drug-likeness (QED) is 0.897. The van der Waals surface area contributed by atoms with Crippen LogP contribution in [-0.4, -0.2) is 11.0 Å². The van der Waals surface area contributed by atoms with E-state index in [0.717, 1.165) is 17.9 Å². The van der Waals surface area contributed by atoms with Gasteiger partial charge in [-0.3, -0.25) is 0 Å². The van der Waals surface area contributed by atoms with Crippen LogP contribution >= 0.6 is 0 Å². The number of pyridine rings is 1. The molecule has 0 radical (unpaired) electrons. The van der Waals surface area contributed by atoms with E-state index in [1.807, 2.05) is 12.1 Å². The zero-order chi connectivity index (χ0) is 13.9. The van der Waals surface area contributed by atoms with Crippen LogP contribution in [0.3, 0.4) is 0 Å². The van der Waals surface area contributed by atoms with Gasteiger partial charge in [0.2, 0.25) is 5.88 Å². The van der Waals surface area contributed by atoms with Crippen molar-refractivity contribution in [2.75, 3.05) is 0 Å². The second-order valence-corrected chi connectivity index (χ2v) is 5.47. The smallest absolute Gasteiger partial charge is 0.223 e. The molecule has 1 aromatic carbocycles. The Labute approximate surface area is 120 Å². The molecule has 1 heterocycles. The maximum Gasteiger partial charge on any atom is 0.223 e. The minimum absolute atomic E-state index is 0.685. The molecule has 1 aliphatic rings. The molecule has 3 nitrogen and oxygen atoms in total. The average molecular weight is 268 g/mol. The first kappa shape index (κ1) is 13.1. The van der Waals surface area contributed by atoms with Gasteiger partial charge in [0.05, 0.1) is 0 Å². The standard InChI is InChI=1S/C17H20N2O/c1-12-5-8-16(10-13(12)2)20-17-14(4-3-9-18-17)11-19-15-6-7-15/h3-5,8-10,15,19H,6-7,11H2,1-2H3. The Morgan fingerprint density at radius 3 is 2.80 bits per heavy atom. The molecule has 1 fully saturated rings. The van der Waals surface area contributed by atoms with E-state index in [1.54, 1.807) is 6.20 Å². The first-order valence-electron chi connectivity index (χ1n) is 7.15. The third-order valence-electron chi connectivity index (χ3n) is 3.70. The lowest BCUT2D eigenvalue weighted by Gasteiger charge is -2.11. The molecule has 20 heavy (non-hydrogen) atoms. The fourth-order valence-electron chi connectivity index (χ4n) is 2.08. The fourth-order valence-corrected chi connectivity index (χ4v) is 2.08. The number of aryl methyl sites for hydroxylation is 2. The van der Waals surface area contributed by atoms with E-state index in [0.29, 0.717) is 11.9 Å². The third-order valence-corrected chi connectivity index (χ3v) is 3.70. The zero-order valence-electron chi connectivity index (χ0n) is 12.0. The minimum atomic E-state index is 0.685.